The lowest BCUT2D eigenvalue weighted by atomic mass is 10.0. The van der Waals surface area contributed by atoms with E-state index in [0.717, 1.165) is 0 Å². The van der Waals surface area contributed by atoms with Gasteiger partial charge in [0.15, 0.2) is 0 Å². The normalized spacial score (nSPS) is 9.81. The van der Waals surface area contributed by atoms with Crippen LogP contribution in [0.5, 0.6) is 0 Å². The minimum absolute atomic E-state index is 0. The Kier molecular flexibility index (Phi) is 10.9. The van der Waals surface area contributed by atoms with Crippen LogP contribution < -0.4 is 0 Å². The maximum Gasteiger partial charge on any atom is -0.0279 e. The predicted octanol–water partition coefficient (Wildman–Crippen LogP) is 5.04. The number of hydrogen-bond acceptors (Lipinski definition) is 0. The van der Waals surface area contributed by atoms with Gasteiger partial charge in [-0.15, -0.1) is 0 Å². The van der Waals surface area contributed by atoms with E-state index in [4.69, 9.17) is 0 Å². The van der Waals surface area contributed by atoms with Crippen molar-refractivity contribution < 1.29 is 0 Å². The highest BCUT2D eigenvalue weighted by atomic mass is 31.0. The topological polar surface area (TPSA) is 0 Å². The lowest BCUT2D eigenvalue weighted by molar-refractivity contribution is 0.589. The fourth-order valence-electron chi connectivity index (χ4n) is 1.93. The Morgan fingerprint density at radius 2 is 1.31 bits per heavy atom. The first-order valence-corrected chi connectivity index (χ1v) is 6.47. The summed E-state index contributed by atoms with van der Waals surface area (Å²) in [6, 6.07) is 10.8. The standard InChI is InChI=1S/C15H24.H3P/c1-2-3-4-5-6-7-9-12-15-13-10-8-11-14-15;/h8,10-11,13-14H,2-7,9,12H2,1H3;1H3. The first-order chi connectivity index (χ1) is 7.43. The molecule has 0 aromatic heterocycles. The van der Waals surface area contributed by atoms with Gasteiger partial charge in [0.25, 0.3) is 0 Å². The molecule has 1 aromatic rings. The van der Waals surface area contributed by atoms with Crippen LogP contribution in [-0.4, -0.2) is 0 Å². The molecular weight excluding hydrogens is 211 g/mol. The molecule has 0 aliphatic heterocycles. The molecule has 1 atom stereocenters. The zero-order valence-corrected chi connectivity index (χ0v) is 12.2. The van der Waals surface area contributed by atoms with Crippen LogP contribution >= 0.6 is 9.90 Å². The SMILES string of the molecule is CCCCCCCCCc1ccccc1.P. The smallest absolute Gasteiger partial charge is 0.0279 e. The first-order valence-electron chi connectivity index (χ1n) is 6.47. The van der Waals surface area contributed by atoms with Crippen molar-refractivity contribution in [1.82, 2.24) is 0 Å². The highest BCUT2D eigenvalue weighted by molar-refractivity contribution is 6.92. The molecule has 0 fully saturated rings. The molecule has 1 rings (SSSR count). The summed E-state index contributed by atoms with van der Waals surface area (Å²) >= 11 is 0. The van der Waals surface area contributed by atoms with Gasteiger partial charge in [-0.25, -0.2) is 0 Å². The molecule has 1 unspecified atom stereocenters. The largest absolute Gasteiger partial charge is 0.153 e. The molecule has 0 aliphatic rings. The van der Waals surface area contributed by atoms with E-state index in [9.17, 15) is 0 Å². The summed E-state index contributed by atoms with van der Waals surface area (Å²) in [6.45, 7) is 2.27. The van der Waals surface area contributed by atoms with E-state index in [2.05, 4.69) is 37.3 Å². The van der Waals surface area contributed by atoms with Gasteiger partial charge in [-0.1, -0.05) is 75.8 Å². The molecule has 0 nitrogen and oxygen atoms in total. The summed E-state index contributed by atoms with van der Waals surface area (Å²) in [6.07, 6.45) is 11.1. The van der Waals surface area contributed by atoms with Crippen molar-refractivity contribution in [2.24, 2.45) is 0 Å². The highest BCUT2D eigenvalue weighted by Crippen LogP contribution is 2.10. The van der Waals surface area contributed by atoms with Crippen LogP contribution in [0.15, 0.2) is 30.3 Å². The van der Waals surface area contributed by atoms with Gasteiger partial charge in [0, 0.05) is 0 Å². The van der Waals surface area contributed by atoms with Gasteiger partial charge in [0.1, 0.15) is 0 Å². The van der Waals surface area contributed by atoms with E-state index >= 15 is 0 Å². The molecule has 92 valence electrons. The first kappa shape index (κ1) is 15.7. The molecule has 1 aromatic carbocycles. The van der Waals surface area contributed by atoms with Gasteiger partial charge < -0.3 is 0 Å². The summed E-state index contributed by atoms with van der Waals surface area (Å²) in [5, 5.41) is 0. The molecular formula is C15H27P. The zero-order chi connectivity index (χ0) is 10.8. The Labute approximate surface area is 104 Å². The summed E-state index contributed by atoms with van der Waals surface area (Å²) < 4.78 is 0. The summed E-state index contributed by atoms with van der Waals surface area (Å²) in [5.74, 6) is 0. The lowest BCUT2D eigenvalue weighted by Crippen LogP contribution is -1.85. The third kappa shape index (κ3) is 7.88. The van der Waals surface area contributed by atoms with Crippen LogP contribution in [0.25, 0.3) is 0 Å². The van der Waals surface area contributed by atoms with Crippen LogP contribution in [0.3, 0.4) is 0 Å². The van der Waals surface area contributed by atoms with E-state index in [1.807, 2.05) is 0 Å². The van der Waals surface area contributed by atoms with Crippen molar-refractivity contribution in [3.8, 4) is 0 Å². The molecule has 0 aliphatic carbocycles. The maximum atomic E-state index is 2.27. The fourth-order valence-corrected chi connectivity index (χ4v) is 1.93. The second-order valence-electron chi connectivity index (χ2n) is 4.36. The van der Waals surface area contributed by atoms with Crippen molar-refractivity contribution in [2.75, 3.05) is 0 Å². The van der Waals surface area contributed by atoms with Crippen molar-refractivity contribution in [2.45, 2.75) is 58.3 Å². The Hall–Kier alpha value is -0.350. The summed E-state index contributed by atoms with van der Waals surface area (Å²) in [7, 11) is 0. The Morgan fingerprint density at radius 1 is 0.750 bits per heavy atom. The van der Waals surface area contributed by atoms with Crippen LogP contribution in [0.2, 0.25) is 0 Å². The van der Waals surface area contributed by atoms with Gasteiger partial charge in [0.05, 0.1) is 0 Å². The van der Waals surface area contributed by atoms with E-state index in [0.29, 0.717) is 0 Å². The van der Waals surface area contributed by atoms with Gasteiger partial charge in [-0.05, 0) is 18.4 Å². The van der Waals surface area contributed by atoms with Gasteiger partial charge >= 0.3 is 0 Å². The molecule has 0 N–H and O–H groups in total. The maximum absolute atomic E-state index is 2.27. The lowest BCUT2D eigenvalue weighted by Gasteiger charge is -2.01. The van der Waals surface area contributed by atoms with Crippen molar-refractivity contribution in [3.05, 3.63) is 35.9 Å². The molecule has 1 heteroatoms. The van der Waals surface area contributed by atoms with Gasteiger partial charge in [0.2, 0.25) is 0 Å². The van der Waals surface area contributed by atoms with Crippen LogP contribution in [0.1, 0.15) is 57.4 Å². The molecule has 0 saturated carbocycles. The van der Waals surface area contributed by atoms with E-state index in [-0.39, 0.29) is 9.90 Å². The summed E-state index contributed by atoms with van der Waals surface area (Å²) in [4.78, 5) is 0. The number of hydrogen-bond donors (Lipinski definition) is 0. The Balaban J connectivity index is 0.00000225. The zero-order valence-electron chi connectivity index (χ0n) is 10.8. The second kappa shape index (κ2) is 11.1. The Morgan fingerprint density at radius 3 is 1.94 bits per heavy atom. The average Bonchev–Trinajstić information content (AvgIpc) is 2.29. The third-order valence-corrected chi connectivity index (χ3v) is 2.91. The van der Waals surface area contributed by atoms with Crippen molar-refractivity contribution >= 4 is 9.90 Å². The minimum Gasteiger partial charge on any atom is -0.153 e. The van der Waals surface area contributed by atoms with Crippen LogP contribution in [0, 0.1) is 0 Å². The quantitative estimate of drug-likeness (QED) is 0.440. The van der Waals surface area contributed by atoms with E-state index < -0.39 is 0 Å². The van der Waals surface area contributed by atoms with E-state index in [1.54, 1.807) is 0 Å². The molecule has 16 heavy (non-hydrogen) atoms. The molecule has 0 amide bonds. The minimum atomic E-state index is 0. The Bertz CT molecular complexity index is 230. The molecule has 0 spiro atoms. The molecule has 0 heterocycles. The second-order valence-corrected chi connectivity index (χ2v) is 4.36. The predicted molar refractivity (Wildman–Crippen MR) is 79.2 cm³/mol. The van der Waals surface area contributed by atoms with Crippen LogP contribution in [0.4, 0.5) is 0 Å². The molecule has 0 bridgehead atoms. The highest BCUT2D eigenvalue weighted by Gasteiger charge is 1.92. The average molecular weight is 238 g/mol. The number of rotatable bonds is 8. The molecule has 0 radical (unpaired) electrons. The van der Waals surface area contributed by atoms with Crippen LogP contribution in [-0.2, 0) is 6.42 Å². The van der Waals surface area contributed by atoms with Gasteiger partial charge in [-0.3, -0.25) is 0 Å². The monoisotopic (exact) mass is 238 g/mol. The third-order valence-electron chi connectivity index (χ3n) is 2.91. The van der Waals surface area contributed by atoms with Gasteiger partial charge in [-0.2, -0.15) is 9.90 Å². The number of benzene rings is 1. The van der Waals surface area contributed by atoms with E-state index in [1.165, 1.54) is 56.9 Å². The molecule has 0 saturated heterocycles. The van der Waals surface area contributed by atoms with Crippen molar-refractivity contribution in [1.29, 1.82) is 0 Å². The number of aryl methyl sites for hydroxylation is 1. The fraction of sp³-hybridized carbons (Fsp3) is 0.600. The van der Waals surface area contributed by atoms with Crippen molar-refractivity contribution in [3.63, 3.8) is 0 Å². The number of unbranched alkanes of at least 4 members (excludes halogenated alkanes) is 6. The summed E-state index contributed by atoms with van der Waals surface area (Å²) in [5.41, 5.74) is 1.49.